The first kappa shape index (κ1) is 13.3. The third-order valence-corrected chi connectivity index (χ3v) is 4.51. The van der Waals surface area contributed by atoms with E-state index in [0.29, 0.717) is 6.04 Å². The Morgan fingerprint density at radius 3 is 2.47 bits per heavy atom. The summed E-state index contributed by atoms with van der Waals surface area (Å²) < 4.78 is 0. The van der Waals surface area contributed by atoms with Gasteiger partial charge >= 0.3 is 0 Å². The molecule has 1 saturated carbocycles. The van der Waals surface area contributed by atoms with Gasteiger partial charge in [-0.15, -0.1) is 0 Å². The first-order valence-electron chi connectivity index (χ1n) is 7.34. The molecule has 17 heavy (non-hydrogen) atoms. The fourth-order valence-electron chi connectivity index (χ4n) is 3.43. The van der Waals surface area contributed by atoms with E-state index in [-0.39, 0.29) is 6.10 Å². The van der Waals surface area contributed by atoms with Gasteiger partial charge in [-0.1, -0.05) is 25.7 Å². The van der Waals surface area contributed by atoms with Crippen LogP contribution in [0.25, 0.3) is 0 Å². The van der Waals surface area contributed by atoms with Crippen molar-refractivity contribution in [1.82, 2.24) is 10.2 Å². The normalized spacial score (nSPS) is 25.6. The maximum Gasteiger partial charge on any atom is 0.0669 e. The molecule has 1 saturated heterocycles. The average molecular weight is 240 g/mol. The van der Waals surface area contributed by atoms with E-state index in [1.807, 2.05) is 0 Å². The minimum atomic E-state index is -0.113. The van der Waals surface area contributed by atoms with Gasteiger partial charge in [0.15, 0.2) is 0 Å². The molecule has 2 rings (SSSR count). The van der Waals surface area contributed by atoms with Crippen molar-refractivity contribution in [3.8, 4) is 0 Å². The average Bonchev–Trinajstić information content (AvgIpc) is 2.82. The second-order valence-electron chi connectivity index (χ2n) is 5.96. The second-order valence-corrected chi connectivity index (χ2v) is 5.96. The standard InChI is InChI=1S/C14H28N2O/c1-16(13-6-8-15-9-7-13)11-14(17)10-12-4-2-3-5-12/h12-15,17H,2-11H2,1H3. The number of likely N-dealkylation sites (N-methyl/N-ethyl adjacent to an activating group) is 1. The fraction of sp³-hybridized carbons (Fsp3) is 1.00. The lowest BCUT2D eigenvalue weighted by Crippen LogP contribution is -2.44. The number of nitrogens with one attached hydrogen (secondary N) is 1. The van der Waals surface area contributed by atoms with Crippen LogP contribution >= 0.6 is 0 Å². The molecule has 0 aromatic heterocycles. The highest BCUT2D eigenvalue weighted by atomic mass is 16.3. The number of rotatable bonds is 5. The predicted molar refractivity (Wildman–Crippen MR) is 71.1 cm³/mol. The summed E-state index contributed by atoms with van der Waals surface area (Å²) in [7, 11) is 2.17. The molecule has 0 bridgehead atoms. The van der Waals surface area contributed by atoms with Crippen LogP contribution in [0.4, 0.5) is 0 Å². The molecular formula is C14H28N2O. The summed E-state index contributed by atoms with van der Waals surface area (Å²) in [6.45, 7) is 3.13. The molecule has 1 heterocycles. The van der Waals surface area contributed by atoms with Gasteiger partial charge in [-0.2, -0.15) is 0 Å². The molecule has 2 N–H and O–H groups in total. The molecule has 0 aromatic carbocycles. The first-order chi connectivity index (χ1) is 8.25. The molecule has 0 aromatic rings. The molecule has 3 nitrogen and oxygen atoms in total. The van der Waals surface area contributed by atoms with E-state index in [0.717, 1.165) is 32.0 Å². The predicted octanol–water partition coefficient (Wildman–Crippen LogP) is 1.61. The minimum absolute atomic E-state index is 0.113. The summed E-state index contributed by atoms with van der Waals surface area (Å²) in [5.74, 6) is 0.798. The Kier molecular flexibility index (Phi) is 5.26. The van der Waals surface area contributed by atoms with Crippen molar-refractivity contribution in [3.63, 3.8) is 0 Å². The number of aliphatic hydroxyl groups excluding tert-OH is 1. The van der Waals surface area contributed by atoms with E-state index in [1.54, 1.807) is 0 Å². The molecular weight excluding hydrogens is 212 g/mol. The number of hydrogen-bond acceptors (Lipinski definition) is 3. The van der Waals surface area contributed by atoms with E-state index < -0.39 is 0 Å². The molecule has 1 unspecified atom stereocenters. The molecule has 2 fully saturated rings. The van der Waals surface area contributed by atoms with Gasteiger partial charge in [-0.05, 0) is 45.3 Å². The van der Waals surface area contributed by atoms with Crippen LogP contribution in [-0.4, -0.2) is 48.8 Å². The molecule has 1 aliphatic heterocycles. The van der Waals surface area contributed by atoms with Crippen molar-refractivity contribution >= 4 is 0 Å². The SMILES string of the molecule is CN(CC(O)CC1CCCC1)C1CCNCC1. The summed E-state index contributed by atoms with van der Waals surface area (Å²) in [6.07, 6.45) is 8.80. The van der Waals surface area contributed by atoms with Crippen molar-refractivity contribution < 1.29 is 5.11 Å². The Morgan fingerprint density at radius 2 is 1.82 bits per heavy atom. The molecule has 2 aliphatic rings. The summed E-state index contributed by atoms with van der Waals surface area (Å²) in [5, 5.41) is 13.5. The Bertz CT molecular complexity index is 210. The minimum Gasteiger partial charge on any atom is -0.392 e. The summed E-state index contributed by atoms with van der Waals surface area (Å²) in [6, 6.07) is 0.675. The van der Waals surface area contributed by atoms with Gasteiger partial charge in [0.2, 0.25) is 0 Å². The van der Waals surface area contributed by atoms with Crippen molar-refractivity contribution in [2.75, 3.05) is 26.7 Å². The van der Waals surface area contributed by atoms with Crippen LogP contribution in [0.1, 0.15) is 44.9 Å². The van der Waals surface area contributed by atoms with Crippen LogP contribution < -0.4 is 5.32 Å². The molecule has 1 aliphatic carbocycles. The highest BCUT2D eigenvalue weighted by Gasteiger charge is 2.23. The number of aliphatic hydroxyl groups is 1. The van der Waals surface area contributed by atoms with Gasteiger partial charge in [0, 0.05) is 12.6 Å². The van der Waals surface area contributed by atoms with Gasteiger partial charge in [-0.3, -0.25) is 0 Å². The molecule has 0 amide bonds. The van der Waals surface area contributed by atoms with Crippen LogP contribution in [0, 0.1) is 5.92 Å². The molecule has 0 radical (unpaired) electrons. The van der Waals surface area contributed by atoms with Crippen molar-refractivity contribution in [3.05, 3.63) is 0 Å². The summed E-state index contributed by atoms with van der Waals surface area (Å²) in [5.41, 5.74) is 0. The Morgan fingerprint density at radius 1 is 1.18 bits per heavy atom. The lowest BCUT2D eigenvalue weighted by atomic mass is 9.98. The monoisotopic (exact) mass is 240 g/mol. The lowest BCUT2D eigenvalue weighted by molar-refractivity contribution is 0.0764. The van der Waals surface area contributed by atoms with Gasteiger partial charge in [0.25, 0.3) is 0 Å². The van der Waals surface area contributed by atoms with E-state index in [9.17, 15) is 5.11 Å². The first-order valence-corrected chi connectivity index (χ1v) is 7.34. The Hall–Kier alpha value is -0.120. The maximum absolute atomic E-state index is 10.2. The number of hydrogen-bond donors (Lipinski definition) is 2. The largest absolute Gasteiger partial charge is 0.392 e. The zero-order chi connectivity index (χ0) is 12.1. The van der Waals surface area contributed by atoms with E-state index >= 15 is 0 Å². The Labute approximate surface area is 106 Å². The number of piperidine rings is 1. The maximum atomic E-state index is 10.2. The summed E-state index contributed by atoms with van der Waals surface area (Å²) >= 11 is 0. The van der Waals surface area contributed by atoms with Gasteiger partial charge in [0.05, 0.1) is 6.10 Å². The van der Waals surface area contributed by atoms with Gasteiger partial charge in [0.1, 0.15) is 0 Å². The topological polar surface area (TPSA) is 35.5 Å². The third-order valence-electron chi connectivity index (χ3n) is 4.51. The van der Waals surface area contributed by atoms with E-state index in [1.165, 1.54) is 38.5 Å². The van der Waals surface area contributed by atoms with Gasteiger partial charge < -0.3 is 15.3 Å². The van der Waals surface area contributed by atoms with Crippen LogP contribution in [0.15, 0.2) is 0 Å². The zero-order valence-electron chi connectivity index (χ0n) is 11.2. The lowest BCUT2D eigenvalue weighted by Gasteiger charge is -2.33. The number of nitrogens with zero attached hydrogens (tertiary/aromatic N) is 1. The quantitative estimate of drug-likeness (QED) is 0.766. The van der Waals surface area contributed by atoms with Crippen LogP contribution in [0.3, 0.4) is 0 Å². The van der Waals surface area contributed by atoms with Crippen LogP contribution in [-0.2, 0) is 0 Å². The highest BCUT2D eigenvalue weighted by molar-refractivity contribution is 4.79. The zero-order valence-corrected chi connectivity index (χ0v) is 11.2. The van der Waals surface area contributed by atoms with Crippen LogP contribution in [0.2, 0.25) is 0 Å². The molecule has 100 valence electrons. The van der Waals surface area contributed by atoms with E-state index in [2.05, 4.69) is 17.3 Å². The molecule has 1 atom stereocenters. The van der Waals surface area contributed by atoms with Gasteiger partial charge in [-0.25, -0.2) is 0 Å². The smallest absolute Gasteiger partial charge is 0.0669 e. The van der Waals surface area contributed by atoms with Crippen LogP contribution in [0.5, 0.6) is 0 Å². The fourth-order valence-corrected chi connectivity index (χ4v) is 3.43. The molecule has 3 heteroatoms. The van der Waals surface area contributed by atoms with Crippen molar-refractivity contribution in [2.45, 2.75) is 57.1 Å². The Balaban J connectivity index is 1.67. The summed E-state index contributed by atoms with van der Waals surface area (Å²) in [4.78, 5) is 2.38. The second kappa shape index (κ2) is 6.72. The molecule has 0 spiro atoms. The van der Waals surface area contributed by atoms with Crippen molar-refractivity contribution in [2.24, 2.45) is 5.92 Å². The third kappa shape index (κ3) is 4.23. The highest BCUT2D eigenvalue weighted by Crippen LogP contribution is 2.28. The van der Waals surface area contributed by atoms with Crippen molar-refractivity contribution in [1.29, 1.82) is 0 Å². The van der Waals surface area contributed by atoms with E-state index in [4.69, 9.17) is 0 Å².